The molecule has 3 fully saturated rings. The first-order valence-electron chi connectivity index (χ1n) is 9.09. The minimum Gasteiger partial charge on any atom is -0.274 e. The van der Waals surface area contributed by atoms with E-state index in [1.807, 2.05) is 5.01 Å². The van der Waals surface area contributed by atoms with Gasteiger partial charge in [-0.1, -0.05) is 35.3 Å². The van der Waals surface area contributed by atoms with E-state index in [0.29, 0.717) is 17.3 Å². The van der Waals surface area contributed by atoms with Crippen LogP contribution in [0.15, 0.2) is 42.5 Å². The standard InChI is InChI=1S/C20H16Cl2FN3O2/c21-14-7-6-13(10-15(14)22)26-19(27)16-17(11-2-4-12(23)5-3-11)24-8-1-9-25(24)18(16)20(26)28/h2-7,10,16-18H,1,8-9H2/t16-,17+,18+/m1/s1. The summed E-state index contributed by atoms with van der Waals surface area (Å²) in [7, 11) is 0. The first-order chi connectivity index (χ1) is 13.5. The summed E-state index contributed by atoms with van der Waals surface area (Å²) in [6.07, 6.45) is 0.912. The van der Waals surface area contributed by atoms with Gasteiger partial charge in [-0.05, 0) is 42.3 Å². The van der Waals surface area contributed by atoms with Crippen molar-refractivity contribution in [2.24, 2.45) is 5.92 Å². The van der Waals surface area contributed by atoms with Gasteiger partial charge in [-0.15, -0.1) is 0 Å². The molecule has 0 aliphatic carbocycles. The number of hydrogen-bond donors (Lipinski definition) is 0. The molecule has 3 atom stereocenters. The van der Waals surface area contributed by atoms with E-state index in [4.69, 9.17) is 23.2 Å². The Bertz CT molecular complexity index is 984. The molecule has 0 unspecified atom stereocenters. The zero-order valence-electron chi connectivity index (χ0n) is 14.7. The number of hydrogen-bond acceptors (Lipinski definition) is 4. The van der Waals surface area contributed by atoms with Gasteiger partial charge in [0.1, 0.15) is 11.9 Å². The maximum atomic E-state index is 13.4. The van der Waals surface area contributed by atoms with Gasteiger partial charge >= 0.3 is 0 Å². The summed E-state index contributed by atoms with van der Waals surface area (Å²) >= 11 is 12.1. The number of hydrazine groups is 1. The van der Waals surface area contributed by atoms with Gasteiger partial charge in [-0.3, -0.25) is 9.59 Å². The minimum absolute atomic E-state index is 0.259. The van der Waals surface area contributed by atoms with Gasteiger partial charge in [0.05, 0.1) is 27.7 Å². The summed E-state index contributed by atoms with van der Waals surface area (Å²) in [5, 5.41) is 4.73. The zero-order chi connectivity index (χ0) is 19.6. The van der Waals surface area contributed by atoms with E-state index in [1.54, 1.807) is 24.3 Å². The topological polar surface area (TPSA) is 43.9 Å². The van der Waals surface area contributed by atoms with Crippen molar-refractivity contribution >= 4 is 40.7 Å². The highest BCUT2D eigenvalue weighted by Gasteiger charge is 2.62. The monoisotopic (exact) mass is 419 g/mol. The van der Waals surface area contributed by atoms with Crippen LogP contribution in [-0.2, 0) is 9.59 Å². The molecule has 0 N–H and O–H groups in total. The fourth-order valence-corrected chi connectivity index (χ4v) is 4.94. The highest BCUT2D eigenvalue weighted by Crippen LogP contribution is 2.49. The number of carbonyl (C=O) groups excluding carboxylic acids is 2. The van der Waals surface area contributed by atoms with Crippen molar-refractivity contribution in [3.8, 4) is 0 Å². The lowest BCUT2D eigenvalue weighted by Gasteiger charge is -2.29. The normalized spacial score (nSPS) is 27.5. The van der Waals surface area contributed by atoms with Crippen LogP contribution in [0.25, 0.3) is 0 Å². The molecule has 28 heavy (non-hydrogen) atoms. The molecule has 5 rings (SSSR count). The van der Waals surface area contributed by atoms with Crippen LogP contribution >= 0.6 is 23.2 Å². The highest BCUT2D eigenvalue weighted by molar-refractivity contribution is 6.42. The predicted octanol–water partition coefficient (Wildman–Crippen LogP) is 3.67. The molecule has 0 bridgehead atoms. The van der Waals surface area contributed by atoms with Crippen molar-refractivity contribution in [1.82, 2.24) is 10.0 Å². The Hall–Kier alpha value is -1.99. The molecule has 0 spiro atoms. The van der Waals surface area contributed by atoms with E-state index in [-0.39, 0.29) is 28.7 Å². The molecule has 3 saturated heterocycles. The third-order valence-corrected chi connectivity index (χ3v) is 6.52. The van der Waals surface area contributed by atoms with E-state index in [2.05, 4.69) is 5.01 Å². The Labute approximate surface area is 171 Å². The molecule has 2 amide bonds. The Morgan fingerprint density at radius 3 is 2.21 bits per heavy atom. The first-order valence-corrected chi connectivity index (χ1v) is 9.84. The molecular formula is C20H16Cl2FN3O2. The van der Waals surface area contributed by atoms with Crippen LogP contribution in [0.5, 0.6) is 0 Å². The Balaban J connectivity index is 1.58. The van der Waals surface area contributed by atoms with E-state index in [9.17, 15) is 14.0 Å². The fourth-order valence-electron chi connectivity index (χ4n) is 4.65. The second kappa shape index (κ2) is 6.52. The van der Waals surface area contributed by atoms with Crippen LogP contribution in [0, 0.1) is 11.7 Å². The number of amides is 2. The van der Waals surface area contributed by atoms with Crippen LogP contribution in [0.3, 0.4) is 0 Å². The molecule has 0 aromatic heterocycles. The van der Waals surface area contributed by atoms with Crippen LogP contribution in [0.2, 0.25) is 10.0 Å². The van der Waals surface area contributed by atoms with Crippen molar-refractivity contribution in [2.45, 2.75) is 18.5 Å². The average molecular weight is 420 g/mol. The van der Waals surface area contributed by atoms with Crippen LogP contribution in [0.1, 0.15) is 18.0 Å². The molecule has 0 saturated carbocycles. The zero-order valence-corrected chi connectivity index (χ0v) is 16.2. The lowest BCUT2D eigenvalue weighted by Crippen LogP contribution is -2.44. The fraction of sp³-hybridized carbons (Fsp3) is 0.300. The molecule has 8 heteroatoms. The maximum absolute atomic E-state index is 13.4. The van der Waals surface area contributed by atoms with E-state index < -0.39 is 12.0 Å². The third kappa shape index (κ3) is 2.52. The number of halogens is 3. The number of nitrogens with zero attached hydrogens (tertiary/aromatic N) is 3. The predicted molar refractivity (Wildman–Crippen MR) is 103 cm³/mol. The molecule has 2 aromatic carbocycles. The number of anilines is 1. The number of imide groups is 1. The molecular weight excluding hydrogens is 404 g/mol. The van der Waals surface area contributed by atoms with Crippen molar-refractivity contribution in [3.05, 3.63) is 63.9 Å². The summed E-state index contributed by atoms with van der Waals surface area (Å²) in [4.78, 5) is 27.9. The van der Waals surface area contributed by atoms with E-state index in [1.165, 1.54) is 23.1 Å². The first kappa shape index (κ1) is 18.1. The lowest BCUT2D eigenvalue weighted by molar-refractivity contribution is -0.126. The van der Waals surface area contributed by atoms with Gasteiger partial charge in [-0.2, -0.15) is 0 Å². The van der Waals surface area contributed by atoms with Gasteiger partial charge in [0, 0.05) is 13.1 Å². The molecule has 144 valence electrons. The number of rotatable bonds is 2. The van der Waals surface area contributed by atoms with Gasteiger partial charge in [-0.25, -0.2) is 19.3 Å². The molecule has 2 aromatic rings. The summed E-state index contributed by atoms with van der Waals surface area (Å²) in [6, 6.07) is 10.1. The molecule has 3 heterocycles. The number of benzene rings is 2. The van der Waals surface area contributed by atoms with Crippen LogP contribution in [0.4, 0.5) is 10.1 Å². The van der Waals surface area contributed by atoms with Crippen LogP contribution < -0.4 is 4.90 Å². The van der Waals surface area contributed by atoms with Crippen molar-refractivity contribution in [3.63, 3.8) is 0 Å². The Morgan fingerprint density at radius 1 is 0.857 bits per heavy atom. The van der Waals surface area contributed by atoms with Crippen molar-refractivity contribution in [2.75, 3.05) is 18.0 Å². The molecule has 5 nitrogen and oxygen atoms in total. The number of carbonyl (C=O) groups is 2. The van der Waals surface area contributed by atoms with Crippen molar-refractivity contribution in [1.29, 1.82) is 0 Å². The van der Waals surface area contributed by atoms with Crippen LogP contribution in [-0.4, -0.2) is 41.0 Å². The average Bonchev–Trinajstić information content (AvgIpc) is 3.31. The molecule has 3 aliphatic rings. The summed E-state index contributed by atoms with van der Waals surface area (Å²) < 4.78 is 13.4. The SMILES string of the molecule is O=C1[C@H]2[C@@H](C(=O)N1c1ccc(Cl)c(Cl)c1)N1CCCN1[C@H]2c1ccc(F)cc1. The number of fused-ring (bicyclic) bond motifs is 3. The largest absolute Gasteiger partial charge is 0.274 e. The second-order valence-electron chi connectivity index (χ2n) is 7.26. The van der Waals surface area contributed by atoms with Gasteiger partial charge < -0.3 is 0 Å². The quantitative estimate of drug-likeness (QED) is 0.696. The van der Waals surface area contributed by atoms with Gasteiger partial charge in [0.15, 0.2) is 0 Å². The molecule has 3 aliphatic heterocycles. The molecule has 0 radical (unpaired) electrons. The highest BCUT2D eigenvalue weighted by atomic mass is 35.5. The summed E-state index contributed by atoms with van der Waals surface area (Å²) in [6.45, 7) is 1.48. The third-order valence-electron chi connectivity index (χ3n) is 5.78. The van der Waals surface area contributed by atoms with E-state index in [0.717, 1.165) is 18.5 Å². The second-order valence-corrected chi connectivity index (χ2v) is 8.07. The van der Waals surface area contributed by atoms with E-state index >= 15 is 0 Å². The van der Waals surface area contributed by atoms with Gasteiger partial charge in [0.2, 0.25) is 5.91 Å². The maximum Gasteiger partial charge on any atom is 0.253 e. The lowest BCUT2D eigenvalue weighted by atomic mass is 9.90. The van der Waals surface area contributed by atoms with Crippen molar-refractivity contribution < 1.29 is 14.0 Å². The van der Waals surface area contributed by atoms with Gasteiger partial charge in [0.25, 0.3) is 5.91 Å². The summed E-state index contributed by atoms with van der Waals surface area (Å²) in [5.41, 5.74) is 1.25. The smallest absolute Gasteiger partial charge is 0.253 e. The minimum atomic E-state index is -0.556. The Morgan fingerprint density at radius 2 is 1.54 bits per heavy atom. The Kier molecular flexibility index (Phi) is 4.21. The summed E-state index contributed by atoms with van der Waals surface area (Å²) in [5.74, 6) is -1.41.